The maximum absolute atomic E-state index is 13.5. The van der Waals surface area contributed by atoms with Gasteiger partial charge in [-0.15, -0.1) is 0 Å². The summed E-state index contributed by atoms with van der Waals surface area (Å²) in [5.74, 6) is 0.280. The SMILES string of the molecule is CCCCC(=O)Nc1cncc(-c2ccc3[nH]nc(-c4nc5c(-c6ccc(F)cc6)cncc5[nH]4)c3c2)c1. The number of imidazole rings is 1. The number of nitrogens with one attached hydrogen (secondary N) is 3. The first-order valence-corrected chi connectivity index (χ1v) is 12.4. The van der Waals surface area contributed by atoms with Gasteiger partial charge in [-0.2, -0.15) is 5.10 Å². The fourth-order valence-corrected chi connectivity index (χ4v) is 4.49. The molecular formula is C29H24FN7O. The fourth-order valence-electron chi connectivity index (χ4n) is 4.49. The summed E-state index contributed by atoms with van der Waals surface area (Å²) in [6.07, 6.45) is 9.16. The van der Waals surface area contributed by atoms with Crippen molar-refractivity contribution in [1.82, 2.24) is 30.1 Å². The Balaban J connectivity index is 1.37. The minimum atomic E-state index is -0.296. The maximum atomic E-state index is 13.5. The van der Waals surface area contributed by atoms with Crippen molar-refractivity contribution in [3.8, 4) is 33.8 Å². The second kappa shape index (κ2) is 9.85. The Hall–Kier alpha value is -4.92. The number of hydrogen-bond donors (Lipinski definition) is 3. The molecule has 1 amide bonds. The summed E-state index contributed by atoms with van der Waals surface area (Å²) in [6.45, 7) is 2.06. The number of nitrogens with zero attached hydrogens (tertiary/aromatic N) is 4. The summed E-state index contributed by atoms with van der Waals surface area (Å²) in [7, 11) is 0. The first kappa shape index (κ1) is 23.5. The molecule has 188 valence electrons. The number of carbonyl (C=O) groups excluding carboxylic acids is 1. The van der Waals surface area contributed by atoms with E-state index in [1.807, 2.05) is 24.3 Å². The smallest absolute Gasteiger partial charge is 0.224 e. The molecular weight excluding hydrogens is 481 g/mol. The molecule has 0 aliphatic rings. The van der Waals surface area contributed by atoms with Crippen molar-refractivity contribution in [3.63, 3.8) is 0 Å². The Morgan fingerprint density at radius 2 is 1.74 bits per heavy atom. The van der Waals surface area contributed by atoms with Crippen LogP contribution in [0.5, 0.6) is 0 Å². The lowest BCUT2D eigenvalue weighted by atomic mass is 10.0. The van der Waals surface area contributed by atoms with Gasteiger partial charge in [-0.3, -0.25) is 19.9 Å². The highest BCUT2D eigenvalue weighted by Crippen LogP contribution is 2.33. The predicted molar refractivity (Wildman–Crippen MR) is 146 cm³/mol. The van der Waals surface area contributed by atoms with Crippen molar-refractivity contribution in [3.05, 3.63) is 79.1 Å². The Kier molecular flexibility index (Phi) is 6.09. The molecule has 4 aromatic heterocycles. The van der Waals surface area contributed by atoms with Crippen LogP contribution in [-0.4, -0.2) is 36.0 Å². The van der Waals surface area contributed by atoms with Crippen LogP contribution in [-0.2, 0) is 4.79 Å². The van der Waals surface area contributed by atoms with E-state index in [4.69, 9.17) is 4.98 Å². The van der Waals surface area contributed by atoms with Crippen LogP contribution in [0.25, 0.3) is 55.7 Å². The predicted octanol–water partition coefficient (Wildman–Crippen LogP) is 6.50. The minimum Gasteiger partial charge on any atom is -0.335 e. The van der Waals surface area contributed by atoms with E-state index in [9.17, 15) is 9.18 Å². The minimum absolute atomic E-state index is 0.0160. The Morgan fingerprint density at radius 1 is 0.921 bits per heavy atom. The Bertz CT molecular complexity index is 1770. The van der Waals surface area contributed by atoms with Gasteiger partial charge in [0.25, 0.3) is 0 Å². The second-order valence-corrected chi connectivity index (χ2v) is 9.12. The number of H-pyrrole nitrogens is 2. The zero-order valence-electron chi connectivity index (χ0n) is 20.6. The van der Waals surface area contributed by atoms with E-state index in [-0.39, 0.29) is 11.7 Å². The first-order valence-electron chi connectivity index (χ1n) is 12.4. The molecule has 0 aliphatic heterocycles. The molecule has 4 heterocycles. The van der Waals surface area contributed by atoms with E-state index >= 15 is 0 Å². The van der Waals surface area contributed by atoms with Crippen LogP contribution >= 0.6 is 0 Å². The number of aromatic nitrogens is 6. The lowest BCUT2D eigenvalue weighted by Crippen LogP contribution is -2.11. The number of hydrogen-bond acceptors (Lipinski definition) is 5. The van der Waals surface area contributed by atoms with Crippen LogP contribution in [0.1, 0.15) is 26.2 Å². The summed E-state index contributed by atoms with van der Waals surface area (Å²) in [6, 6.07) is 14.2. The van der Waals surface area contributed by atoms with Gasteiger partial charge in [-0.05, 0) is 47.9 Å². The molecule has 9 heteroatoms. The monoisotopic (exact) mass is 505 g/mol. The zero-order valence-corrected chi connectivity index (χ0v) is 20.6. The largest absolute Gasteiger partial charge is 0.335 e. The molecule has 8 nitrogen and oxygen atoms in total. The summed E-state index contributed by atoms with van der Waals surface area (Å²) in [5.41, 5.74) is 7.10. The van der Waals surface area contributed by atoms with E-state index in [1.165, 1.54) is 12.1 Å². The Morgan fingerprint density at radius 3 is 2.58 bits per heavy atom. The molecule has 0 fully saturated rings. The normalized spacial score (nSPS) is 11.3. The first-order chi connectivity index (χ1) is 18.6. The van der Waals surface area contributed by atoms with Crippen molar-refractivity contribution in [2.24, 2.45) is 0 Å². The number of amides is 1. The van der Waals surface area contributed by atoms with E-state index in [2.05, 4.69) is 37.4 Å². The van der Waals surface area contributed by atoms with Gasteiger partial charge in [-0.25, -0.2) is 9.37 Å². The molecule has 0 atom stereocenters. The van der Waals surface area contributed by atoms with Gasteiger partial charge >= 0.3 is 0 Å². The third-order valence-corrected chi connectivity index (χ3v) is 6.45. The van der Waals surface area contributed by atoms with Crippen LogP contribution in [0, 0.1) is 5.82 Å². The van der Waals surface area contributed by atoms with Crippen LogP contribution in [0.15, 0.2) is 73.3 Å². The van der Waals surface area contributed by atoms with Gasteiger partial charge in [0.1, 0.15) is 11.5 Å². The molecule has 0 saturated carbocycles. The maximum Gasteiger partial charge on any atom is 0.224 e. The number of carbonyl (C=O) groups is 1. The summed E-state index contributed by atoms with van der Waals surface area (Å²) >= 11 is 0. The molecule has 6 aromatic rings. The average molecular weight is 506 g/mol. The zero-order chi connectivity index (χ0) is 26.1. The van der Waals surface area contributed by atoms with Gasteiger partial charge in [0.2, 0.25) is 5.91 Å². The number of rotatable bonds is 7. The summed E-state index contributed by atoms with van der Waals surface area (Å²) in [5, 5.41) is 11.4. The van der Waals surface area contributed by atoms with Crippen molar-refractivity contribution in [2.45, 2.75) is 26.2 Å². The highest BCUT2D eigenvalue weighted by atomic mass is 19.1. The van der Waals surface area contributed by atoms with Gasteiger partial charge in [0, 0.05) is 35.3 Å². The molecule has 3 N–H and O–H groups in total. The van der Waals surface area contributed by atoms with Crippen LogP contribution < -0.4 is 5.32 Å². The van der Waals surface area contributed by atoms with Crippen LogP contribution in [0.4, 0.5) is 10.1 Å². The average Bonchev–Trinajstić information content (AvgIpc) is 3.56. The molecule has 0 aliphatic carbocycles. The van der Waals surface area contributed by atoms with E-state index < -0.39 is 0 Å². The van der Waals surface area contributed by atoms with Gasteiger partial charge in [0.15, 0.2) is 5.82 Å². The van der Waals surface area contributed by atoms with Gasteiger partial charge < -0.3 is 10.3 Å². The third-order valence-electron chi connectivity index (χ3n) is 6.45. The number of fused-ring (bicyclic) bond motifs is 2. The molecule has 38 heavy (non-hydrogen) atoms. The fraction of sp³-hybridized carbons (Fsp3) is 0.138. The standard InChI is InChI=1S/C29H24FN7O/c1-2-3-4-26(38)33-21-11-19(13-31-14-21)18-7-10-24-22(12-18)28(37-36-24)29-34-25-16-32-15-23(27(25)35-29)17-5-8-20(30)9-6-17/h5-16H,2-4H2,1H3,(H,33,38)(H,34,35)(H,36,37). The third kappa shape index (κ3) is 4.50. The molecule has 0 radical (unpaired) electrons. The lowest BCUT2D eigenvalue weighted by Gasteiger charge is -2.07. The van der Waals surface area contributed by atoms with Crippen molar-refractivity contribution in [2.75, 3.05) is 5.32 Å². The number of halogens is 1. The highest BCUT2D eigenvalue weighted by molar-refractivity contribution is 5.98. The van der Waals surface area contributed by atoms with Crippen LogP contribution in [0.3, 0.4) is 0 Å². The van der Waals surface area contributed by atoms with Gasteiger partial charge in [-0.1, -0.05) is 31.5 Å². The molecule has 0 spiro atoms. The van der Waals surface area contributed by atoms with Crippen molar-refractivity contribution in [1.29, 1.82) is 0 Å². The van der Waals surface area contributed by atoms with Crippen LogP contribution in [0.2, 0.25) is 0 Å². The van der Waals surface area contributed by atoms with E-state index in [1.54, 1.807) is 36.9 Å². The van der Waals surface area contributed by atoms with E-state index in [0.717, 1.165) is 57.0 Å². The number of pyridine rings is 2. The molecule has 6 rings (SSSR count). The number of aromatic amines is 2. The molecule has 0 bridgehead atoms. The van der Waals surface area contributed by atoms with Gasteiger partial charge in [0.05, 0.1) is 34.6 Å². The highest BCUT2D eigenvalue weighted by Gasteiger charge is 2.16. The molecule has 0 unspecified atom stereocenters. The van der Waals surface area contributed by atoms with Crippen molar-refractivity contribution < 1.29 is 9.18 Å². The molecule has 0 saturated heterocycles. The number of unbranched alkanes of at least 4 members (excludes halogenated alkanes) is 1. The summed E-state index contributed by atoms with van der Waals surface area (Å²) < 4.78 is 13.5. The Labute approximate surface area is 217 Å². The quantitative estimate of drug-likeness (QED) is 0.229. The van der Waals surface area contributed by atoms with E-state index in [0.29, 0.717) is 23.6 Å². The second-order valence-electron chi connectivity index (χ2n) is 9.12. The summed E-state index contributed by atoms with van der Waals surface area (Å²) in [4.78, 5) is 29.0. The number of benzene rings is 2. The topological polar surface area (TPSA) is 112 Å². The molecule has 2 aromatic carbocycles. The lowest BCUT2D eigenvalue weighted by molar-refractivity contribution is -0.116. The number of anilines is 1. The van der Waals surface area contributed by atoms with Crippen molar-refractivity contribution >= 4 is 33.5 Å².